The van der Waals surface area contributed by atoms with E-state index in [0.717, 1.165) is 11.1 Å². The number of phenolic OH excluding ortho intramolecular Hbond substituents is 1. The molecule has 0 bridgehead atoms. The zero-order valence-electron chi connectivity index (χ0n) is 7.87. The van der Waals surface area contributed by atoms with Crippen molar-refractivity contribution in [3.63, 3.8) is 0 Å². The Hall–Kier alpha value is -1.22. The summed E-state index contributed by atoms with van der Waals surface area (Å²) in [4.78, 5) is 0. The quantitative estimate of drug-likeness (QED) is 0.739. The zero-order valence-corrected chi connectivity index (χ0v) is 7.87. The van der Waals surface area contributed by atoms with E-state index < -0.39 is 0 Å². The highest BCUT2D eigenvalue weighted by molar-refractivity contribution is 5.49. The Morgan fingerprint density at radius 1 is 1.38 bits per heavy atom. The van der Waals surface area contributed by atoms with Crippen LogP contribution >= 0.6 is 0 Å². The van der Waals surface area contributed by atoms with Crippen LogP contribution in [0.25, 0.3) is 0 Å². The molecule has 0 aliphatic carbocycles. The Balaban J connectivity index is 3.13. The van der Waals surface area contributed by atoms with Gasteiger partial charge >= 0.3 is 0 Å². The lowest BCUT2D eigenvalue weighted by Gasteiger charge is -2.10. The summed E-state index contributed by atoms with van der Waals surface area (Å²) < 4.78 is 4.96. The fourth-order valence-electron chi connectivity index (χ4n) is 1.31. The van der Waals surface area contributed by atoms with E-state index in [4.69, 9.17) is 9.84 Å². The molecular weight excluding hydrogens is 168 g/mol. The van der Waals surface area contributed by atoms with Crippen LogP contribution in [0, 0.1) is 6.92 Å². The number of hydrogen-bond donors (Lipinski definition) is 2. The smallest absolute Gasteiger partial charge is 0.161 e. The van der Waals surface area contributed by atoms with Crippen LogP contribution in [-0.2, 0) is 6.42 Å². The summed E-state index contributed by atoms with van der Waals surface area (Å²) in [6.07, 6.45) is 0.453. The van der Waals surface area contributed by atoms with Crippen LogP contribution in [0.5, 0.6) is 11.5 Å². The maximum atomic E-state index is 9.66. The van der Waals surface area contributed by atoms with Gasteiger partial charge in [0.1, 0.15) is 0 Å². The Kier molecular flexibility index (Phi) is 3.14. The van der Waals surface area contributed by atoms with Crippen LogP contribution in [0.3, 0.4) is 0 Å². The Bertz CT molecular complexity index is 294. The summed E-state index contributed by atoms with van der Waals surface area (Å²) in [5, 5.41) is 18.4. The molecule has 3 heteroatoms. The summed E-state index contributed by atoms with van der Waals surface area (Å²) in [5.74, 6) is 0.589. The Morgan fingerprint density at radius 3 is 2.62 bits per heavy atom. The summed E-state index contributed by atoms with van der Waals surface area (Å²) in [5.41, 5.74) is 1.72. The van der Waals surface area contributed by atoms with Crippen LogP contribution < -0.4 is 4.74 Å². The van der Waals surface area contributed by atoms with Gasteiger partial charge in [-0.15, -0.1) is 0 Å². The van der Waals surface area contributed by atoms with Crippen molar-refractivity contribution in [3.05, 3.63) is 23.3 Å². The summed E-state index contributed by atoms with van der Waals surface area (Å²) in [6.45, 7) is 1.92. The minimum absolute atomic E-state index is 0.0293. The minimum atomic E-state index is 0.0293. The molecule has 0 amide bonds. The van der Waals surface area contributed by atoms with Crippen LogP contribution in [0.2, 0.25) is 0 Å². The van der Waals surface area contributed by atoms with E-state index >= 15 is 0 Å². The maximum Gasteiger partial charge on any atom is 0.161 e. The molecular formula is C10H14O3. The molecule has 0 aliphatic heterocycles. The summed E-state index contributed by atoms with van der Waals surface area (Å²) in [6, 6.07) is 3.58. The number of hydrogen-bond acceptors (Lipinski definition) is 3. The molecule has 0 saturated heterocycles. The van der Waals surface area contributed by atoms with E-state index in [1.165, 1.54) is 7.11 Å². The first-order valence-electron chi connectivity index (χ1n) is 4.17. The van der Waals surface area contributed by atoms with Crippen molar-refractivity contribution >= 4 is 0 Å². The van der Waals surface area contributed by atoms with Crippen molar-refractivity contribution in [2.75, 3.05) is 13.7 Å². The van der Waals surface area contributed by atoms with E-state index in [9.17, 15) is 5.11 Å². The first kappa shape index (κ1) is 9.86. The lowest BCUT2D eigenvalue weighted by atomic mass is 10.0. The van der Waals surface area contributed by atoms with E-state index in [0.29, 0.717) is 12.2 Å². The third-order valence-electron chi connectivity index (χ3n) is 2.06. The average Bonchev–Trinajstić information content (AvgIpc) is 2.12. The number of aryl methyl sites for hydroxylation is 1. The number of ether oxygens (including phenoxy) is 1. The number of phenols is 1. The topological polar surface area (TPSA) is 49.7 Å². The molecule has 13 heavy (non-hydrogen) atoms. The van der Waals surface area contributed by atoms with Gasteiger partial charge in [-0.1, -0.05) is 6.07 Å². The van der Waals surface area contributed by atoms with Gasteiger partial charge < -0.3 is 14.9 Å². The standard InChI is InChI=1S/C10H14O3/c1-7-3-4-9(13-2)10(12)8(7)5-6-11/h3-4,11-12H,5-6H2,1-2H3. The second-order valence-corrected chi connectivity index (χ2v) is 2.89. The zero-order chi connectivity index (χ0) is 9.84. The van der Waals surface area contributed by atoms with Crippen LogP contribution in [0.15, 0.2) is 12.1 Å². The third kappa shape index (κ3) is 1.92. The number of aromatic hydroxyl groups is 1. The van der Waals surface area contributed by atoms with Crippen LogP contribution in [0.4, 0.5) is 0 Å². The second-order valence-electron chi connectivity index (χ2n) is 2.89. The lowest BCUT2D eigenvalue weighted by molar-refractivity contribution is 0.295. The van der Waals surface area contributed by atoms with Gasteiger partial charge in [-0.05, 0) is 25.0 Å². The molecule has 0 spiro atoms. The first-order chi connectivity index (χ1) is 6.20. The van der Waals surface area contributed by atoms with Gasteiger partial charge in [0.15, 0.2) is 11.5 Å². The average molecular weight is 182 g/mol. The highest BCUT2D eigenvalue weighted by Gasteiger charge is 2.09. The highest BCUT2D eigenvalue weighted by atomic mass is 16.5. The lowest BCUT2D eigenvalue weighted by Crippen LogP contribution is -1.96. The molecule has 0 fully saturated rings. The molecule has 0 heterocycles. The van der Waals surface area contributed by atoms with Crippen LogP contribution in [-0.4, -0.2) is 23.9 Å². The SMILES string of the molecule is COc1ccc(C)c(CCO)c1O. The van der Waals surface area contributed by atoms with Crippen LogP contribution in [0.1, 0.15) is 11.1 Å². The Labute approximate surface area is 77.6 Å². The van der Waals surface area contributed by atoms with Crippen molar-refractivity contribution in [2.45, 2.75) is 13.3 Å². The third-order valence-corrected chi connectivity index (χ3v) is 2.06. The van der Waals surface area contributed by atoms with E-state index in [2.05, 4.69) is 0 Å². The molecule has 72 valence electrons. The largest absolute Gasteiger partial charge is 0.504 e. The molecule has 0 unspecified atom stereocenters. The van der Waals surface area contributed by atoms with E-state index in [-0.39, 0.29) is 12.4 Å². The van der Waals surface area contributed by atoms with Crippen molar-refractivity contribution in [3.8, 4) is 11.5 Å². The van der Waals surface area contributed by atoms with Crippen molar-refractivity contribution in [1.29, 1.82) is 0 Å². The summed E-state index contributed by atoms with van der Waals surface area (Å²) in [7, 11) is 1.51. The molecule has 1 rings (SSSR count). The maximum absolute atomic E-state index is 9.66. The molecule has 0 atom stereocenters. The molecule has 0 radical (unpaired) electrons. The van der Waals surface area contributed by atoms with E-state index in [1.807, 2.05) is 13.0 Å². The van der Waals surface area contributed by atoms with Crippen molar-refractivity contribution in [2.24, 2.45) is 0 Å². The number of aliphatic hydroxyl groups is 1. The van der Waals surface area contributed by atoms with Gasteiger partial charge in [0.05, 0.1) is 7.11 Å². The predicted octanol–water partition coefficient (Wildman–Crippen LogP) is 1.24. The molecule has 0 aliphatic rings. The number of benzene rings is 1. The normalized spacial score (nSPS) is 10.1. The van der Waals surface area contributed by atoms with Gasteiger partial charge in [0.2, 0.25) is 0 Å². The fourth-order valence-corrected chi connectivity index (χ4v) is 1.31. The predicted molar refractivity (Wildman–Crippen MR) is 50.2 cm³/mol. The molecule has 3 nitrogen and oxygen atoms in total. The van der Waals surface area contributed by atoms with Gasteiger partial charge in [0, 0.05) is 12.2 Å². The number of rotatable bonds is 3. The summed E-state index contributed by atoms with van der Waals surface area (Å²) >= 11 is 0. The van der Waals surface area contributed by atoms with Crippen molar-refractivity contribution in [1.82, 2.24) is 0 Å². The monoisotopic (exact) mass is 182 g/mol. The van der Waals surface area contributed by atoms with Crippen molar-refractivity contribution < 1.29 is 14.9 Å². The number of methoxy groups -OCH3 is 1. The molecule has 2 N–H and O–H groups in total. The second kappa shape index (κ2) is 4.14. The highest BCUT2D eigenvalue weighted by Crippen LogP contribution is 2.32. The van der Waals surface area contributed by atoms with Gasteiger partial charge in [-0.25, -0.2) is 0 Å². The molecule has 0 saturated carbocycles. The Morgan fingerprint density at radius 2 is 2.08 bits per heavy atom. The number of aliphatic hydroxyl groups excluding tert-OH is 1. The molecule has 1 aromatic carbocycles. The molecule has 0 aromatic heterocycles. The van der Waals surface area contributed by atoms with Gasteiger partial charge in [-0.3, -0.25) is 0 Å². The molecule has 1 aromatic rings. The minimum Gasteiger partial charge on any atom is -0.504 e. The fraction of sp³-hybridized carbons (Fsp3) is 0.400. The van der Waals surface area contributed by atoms with Gasteiger partial charge in [-0.2, -0.15) is 0 Å². The van der Waals surface area contributed by atoms with E-state index in [1.54, 1.807) is 6.07 Å². The van der Waals surface area contributed by atoms with Gasteiger partial charge in [0.25, 0.3) is 0 Å². The first-order valence-corrected chi connectivity index (χ1v) is 4.17.